The fourth-order valence-electron chi connectivity index (χ4n) is 0.400. The van der Waals surface area contributed by atoms with Gasteiger partial charge in [-0.15, -0.1) is 0 Å². The Morgan fingerprint density at radius 2 is 1.75 bits per heavy atom. The molecule has 2 heteroatoms. The lowest BCUT2D eigenvalue weighted by Gasteiger charge is -2.13. The third kappa shape index (κ3) is 6.31. The van der Waals surface area contributed by atoms with Crippen LogP contribution in [0.3, 0.4) is 0 Å². The standard InChI is InChI=1S/C6H17NS/c1-7(2)5-6-8(3)4/h8H,5-6H2,1-4H3. The zero-order chi connectivity index (χ0) is 6.57. The van der Waals surface area contributed by atoms with Crippen LogP contribution in [0.1, 0.15) is 0 Å². The van der Waals surface area contributed by atoms with E-state index in [1.54, 1.807) is 0 Å². The Bertz CT molecular complexity index is 44.5. The molecule has 0 saturated carbocycles. The molecule has 0 aliphatic rings. The van der Waals surface area contributed by atoms with Crippen molar-refractivity contribution in [2.75, 3.05) is 38.9 Å². The molecule has 0 aromatic carbocycles. The van der Waals surface area contributed by atoms with Gasteiger partial charge in [0.05, 0.1) is 0 Å². The van der Waals surface area contributed by atoms with Crippen molar-refractivity contribution in [2.24, 2.45) is 0 Å². The number of thiol groups is 1. The Labute approximate surface area is 55.4 Å². The molecule has 0 saturated heterocycles. The highest BCUT2D eigenvalue weighted by molar-refractivity contribution is 8.15. The van der Waals surface area contributed by atoms with Crippen molar-refractivity contribution < 1.29 is 0 Å². The summed E-state index contributed by atoms with van der Waals surface area (Å²) in [6, 6.07) is 0. The molecule has 0 heterocycles. The molecule has 0 amide bonds. The number of rotatable bonds is 3. The van der Waals surface area contributed by atoms with E-state index in [2.05, 4.69) is 31.5 Å². The molecule has 0 fully saturated rings. The Morgan fingerprint density at radius 3 is 1.88 bits per heavy atom. The maximum atomic E-state index is 2.32. The quantitative estimate of drug-likeness (QED) is 0.560. The van der Waals surface area contributed by atoms with Gasteiger partial charge in [0.15, 0.2) is 0 Å². The third-order valence-electron chi connectivity index (χ3n) is 0.994. The van der Waals surface area contributed by atoms with E-state index in [4.69, 9.17) is 0 Å². The molecule has 0 aliphatic carbocycles. The topological polar surface area (TPSA) is 3.24 Å². The van der Waals surface area contributed by atoms with E-state index in [9.17, 15) is 0 Å². The van der Waals surface area contributed by atoms with E-state index in [0.717, 1.165) is 0 Å². The summed E-state index contributed by atoms with van der Waals surface area (Å²) >= 11 is 0. The number of hydrogen-bond donors (Lipinski definition) is 1. The minimum atomic E-state index is 0.325. The average Bonchev–Trinajstić information content (AvgIpc) is 1.61. The first-order valence-electron chi connectivity index (χ1n) is 2.92. The molecule has 8 heavy (non-hydrogen) atoms. The summed E-state index contributed by atoms with van der Waals surface area (Å²) in [6.45, 7) is 1.25. The lowest BCUT2D eigenvalue weighted by Crippen LogP contribution is -2.15. The Hall–Kier alpha value is 0.310. The molecule has 0 radical (unpaired) electrons. The molecular formula is C6H17NS. The van der Waals surface area contributed by atoms with Gasteiger partial charge in [-0.1, -0.05) is 0 Å². The van der Waals surface area contributed by atoms with Gasteiger partial charge < -0.3 is 4.90 Å². The van der Waals surface area contributed by atoms with Crippen LogP contribution >= 0.6 is 10.9 Å². The minimum Gasteiger partial charge on any atom is -0.309 e. The van der Waals surface area contributed by atoms with Crippen molar-refractivity contribution in [1.29, 1.82) is 0 Å². The van der Waals surface area contributed by atoms with Crippen molar-refractivity contribution in [3.63, 3.8) is 0 Å². The maximum absolute atomic E-state index is 2.32. The van der Waals surface area contributed by atoms with Crippen LogP contribution in [0.5, 0.6) is 0 Å². The van der Waals surface area contributed by atoms with Crippen molar-refractivity contribution in [1.82, 2.24) is 4.90 Å². The van der Waals surface area contributed by atoms with Crippen LogP contribution in [-0.4, -0.2) is 43.8 Å². The molecule has 0 atom stereocenters. The number of nitrogens with zero attached hydrogens (tertiary/aromatic N) is 1. The molecular weight excluding hydrogens is 118 g/mol. The first-order valence-corrected chi connectivity index (χ1v) is 5.34. The van der Waals surface area contributed by atoms with E-state index in [1.807, 2.05) is 0 Å². The highest BCUT2D eigenvalue weighted by Crippen LogP contribution is 2.10. The summed E-state index contributed by atoms with van der Waals surface area (Å²) in [7, 11) is 4.57. The first kappa shape index (κ1) is 8.31. The molecule has 52 valence electrons. The summed E-state index contributed by atoms with van der Waals surface area (Å²) in [6.07, 6.45) is 4.64. The molecule has 0 aliphatic heterocycles. The van der Waals surface area contributed by atoms with E-state index < -0.39 is 0 Å². The van der Waals surface area contributed by atoms with Crippen molar-refractivity contribution in [3.8, 4) is 0 Å². The van der Waals surface area contributed by atoms with Gasteiger partial charge in [-0.3, -0.25) is 10.9 Å². The van der Waals surface area contributed by atoms with E-state index >= 15 is 0 Å². The van der Waals surface area contributed by atoms with Gasteiger partial charge in [-0.05, 0) is 32.4 Å². The van der Waals surface area contributed by atoms with Gasteiger partial charge in [0.1, 0.15) is 0 Å². The highest BCUT2D eigenvalue weighted by Gasteiger charge is 1.89. The minimum absolute atomic E-state index is 0.325. The average molecular weight is 135 g/mol. The molecule has 0 N–H and O–H groups in total. The van der Waals surface area contributed by atoms with Crippen LogP contribution in [0.4, 0.5) is 0 Å². The summed E-state index contributed by atoms with van der Waals surface area (Å²) in [5.74, 6) is 1.38. The zero-order valence-corrected chi connectivity index (χ0v) is 7.20. The highest BCUT2D eigenvalue weighted by atomic mass is 32.2. The maximum Gasteiger partial charge on any atom is 0.00493 e. The summed E-state index contributed by atoms with van der Waals surface area (Å²) < 4.78 is 0. The molecule has 0 aromatic heterocycles. The molecule has 1 nitrogen and oxygen atoms in total. The van der Waals surface area contributed by atoms with Gasteiger partial charge in [0.25, 0.3) is 0 Å². The smallest absolute Gasteiger partial charge is 0.00493 e. The Balaban J connectivity index is 2.93. The predicted molar refractivity (Wildman–Crippen MR) is 44.3 cm³/mol. The summed E-state index contributed by atoms with van der Waals surface area (Å²) in [5, 5.41) is 0. The largest absolute Gasteiger partial charge is 0.309 e. The van der Waals surface area contributed by atoms with Gasteiger partial charge in [-0.2, -0.15) is 0 Å². The summed E-state index contributed by atoms with van der Waals surface area (Å²) in [4.78, 5) is 2.24. The summed E-state index contributed by atoms with van der Waals surface area (Å²) in [5.41, 5.74) is 0. The van der Waals surface area contributed by atoms with Gasteiger partial charge in [-0.25, -0.2) is 0 Å². The predicted octanol–water partition coefficient (Wildman–Crippen LogP) is 0.809. The normalized spacial score (nSPS) is 12.4. The van der Waals surface area contributed by atoms with Crippen molar-refractivity contribution in [2.45, 2.75) is 0 Å². The van der Waals surface area contributed by atoms with E-state index in [1.165, 1.54) is 12.3 Å². The SMILES string of the molecule is CN(C)CC[SH](C)C. The van der Waals surface area contributed by atoms with Crippen LogP contribution in [0.2, 0.25) is 0 Å². The molecule has 0 aromatic rings. The van der Waals surface area contributed by atoms with Crippen molar-refractivity contribution >= 4 is 10.9 Å². The molecule has 0 unspecified atom stereocenters. The van der Waals surface area contributed by atoms with Crippen LogP contribution < -0.4 is 0 Å². The second-order valence-corrected chi connectivity index (χ2v) is 5.21. The number of hydrogen-bond acceptors (Lipinski definition) is 1. The second kappa shape index (κ2) is 4.21. The Kier molecular flexibility index (Phi) is 4.38. The molecule has 0 bridgehead atoms. The molecule has 0 spiro atoms. The second-order valence-electron chi connectivity index (χ2n) is 2.61. The third-order valence-corrected chi connectivity index (χ3v) is 2.09. The van der Waals surface area contributed by atoms with Gasteiger partial charge in [0, 0.05) is 6.54 Å². The fourth-order valence-corrected chi connectivity index (χ4v) is 1.20. The van der Waals surface area contributed by atoms with Crippen LogP contribution in [0, 0.1) is 0 Å². The molecule has 0 rings (SSSR count). The first-order chi connectivity index (χ1) is 3.63. The van der Waals surface area contributed by atoms with Gasteiger partial charge >= 0.3 is 0 Å². The zero-order valence-electron chi connectivity index (χ0n) is 6.31. The van der Waals surface area contributed by atoms with E-state index in [-0.39, 0.29) is 0 Å². The lowest BCUT2D eigenvalue weighted by atomic mass is 10.7. The monoisotopic (exact) mass is 135 g/mol. The van der Waals surface area contributed by atoms with E-state index in [0.29, 0.717) is 10.9 Å². The Morgan fingerprint density at radius 1 is 1.25 bits per heavy atom. The van der Waals surface area contributed by atoms with Crippen LogP contribution in [-0.2, 0) is 0 Å². The van der Waals surface area contributed by atoms with Crippen LogP contribution in [0.15, 0.2) is 0 Å². The van der Waals surface area contributed by atoms with Crippen LogP contribution in [0.25, 0.3) is 0 Å². The van der Waals surface area contributed by atoms with Crippen molar-refractivity contribution in [3.05, 3.63) is 0 Å². The fraction of sp³-hybridized carbons (Fsp3) is 1.00. The van der Waals surface area contributed by atoms with Gasteiger partial charge in [0.2, 0.25) is 0 Å². The lowest BCUT2D eigenvalue weighted by molar-refractivity contribution is 0.437.